The van der Waals surface area contributed by atoms with Gasteiger partial charge in [0, 0.05) is 11.7 Å². The van der Waals surface area contributed by atoms with E-state index in [1.165, 1.54) is 6.92 Å². The number of nitrogens with one attached hydrogen (secondary N) is 1. The number of thiocarbonyl (C=S) groups is 1. The largest absolute Gasteiger partial charge is 0.391 e. The molecule has 3 N–H and O–H groups in total. The van der Waals surface area contributed by atoms with Crippen molar-refractivity contribution >= 4 is 34.5 Å². The van der Waals surface area contributed by atoms with E-state index in [9.17, 15) is 13.2 Å². The average Bonchev–Trinajstić information content (AvgIpc) is 2.13. The topological polar surface area (TPSA) is 38.0 Å². The van der Waals surface area contributed by atoms with E-state index in [1.54, 1.807) is 18.2 Å². The molecule has 100 valence electrons. The van der Waals surface area contributed by atoms with Gasteiger partial charge in [-0.05, 0) is 19.1 Å². The molecule has 0 aliphatic rings. The van der Waals surface area contributed by atoms with E-state index in [-0.39, 0.29) is 4.99 Å². The van der Waals surface area contributed by atoms with Crippen molar-refractivity contribution in [3.05, 3.63) is 28.8 Å². The lowest BCUT2D eigenvalue weighted by Crippen LogP contribution is -2.25. The molecule has 0 bridgehead atoms. The molecule has 0 fully saturated rings. The molecule has 0 spiro atoms. The van der Waals surface area contributed by atoms with Crippen molar-refractivity contribution in [2.24, 2.45) is 5.73 Å². The second-order valence-electron chi connectivity index (χ2n) is 3.89. The molecule has 0 aliphatic heterocycles. The Balaban J connectivity index is 2.91. The molecule has 0 amide bonds. The predicted molar refractivity (Wildman–Crippen MR) is 71.1 cm³/mol. The van der Waals surface area contributed by atoms with E-state index in [2.05, 4.69) is 5.32 Å². The van der Waals surface area contributed by atoms with Gasteiger partial charge in [-0.3, -0.25) is 0 Å². The number of hydrogen-bond donors (Lipinski definition) is 2. The van der Waals surface area contributed by atoms with Crippen molar-refractivity contribution in [3.63, 3.8) is 0 Å². The van der Waals surface area contributed by atoms with Crippen LogP contribution in [0, 0.1) is 0 Å². The number of rotatable bonds is 4. The molecule has 1 unspecified atom stereocenters. The third-order valence-corrected chi connectivity index (χ3v) is 2.72. The number of alkyl halides is 3. The molecule has 1 rings (SSSR count). The summed E-state index contributed by atoms with van der Waals surface area (Å²) < 4.78 is 36.7. The third-order valence-electron chi connectivity index (χ3n) is 2.20. The molecule has 0 saturated heterocycles. The fourth-order valence-corrected chi connectivity index (χ4v) is 2.11. The minimum Gasteiger partial charge on any atom is -0.389 e. The van der Waals surface area contributed by atoms with Crippen LogP contribution in [0.3, 0.4) is 0 Å². The molecule has 1 aromatic carbocycles. The van der Waals surface area contributed by atoms with Crippen LogP contribution in [0.25, 0.3) is 0 Å². The van der Waals surface area contributed by atoms with Crippen molar-refractivity contribution in [2.45, 2.75) is 25.6 Å². The highest BCUT2D eigenvalue weighted by Crippen LogP contribution is 2.27. The normalized spacial score (nSPS) is 13.2. The second kappa shape index (κ2) is 5.75. The van der Waals surface area contributed by atoms with Gasteiger partial charge in [0.05, 0.1) is 17.0 Å². The Morgan fingerprint density at radius 3 is 2.61 bits per heavy atom. The molecule has 1 atom stereocenters. The van der Waals surface area contributed by atoms with Crippen molar-refractivity contribution in [3.8, 4) is 0 Å². The van der Waals surface area contributed by atoms with Gasteiger partial charge in [-0.2, -0.15) is 13.2 Å². The van der Waals surface area contributed by atoms with Gasteiger partial charge in [0.2, 0.25) is 0 Å². The first-order valence-corrected chi connectivity index (χ1v) is 5.91. The molecular weight excluding hydrogens is 285 g/mol. The molecule has 0 saturated carbocycles. The quantitative estimate of drug-likeness (QED) is 0.832. The standard InChI is InChI=1S/C11H12ClF3N2S/c1-6(5-11(13,14)15)17-8-4-2-3-7(12)9(8)10(16)18/h2-4,6,17H,5H2,1H3,(H2,16,18). The summed E-state index contributed by atoms with van der Waals surface area (Å²) in [6.45, 7) is 1.43. The zero-order valence-electron chi connectivity index (χ0n) is 9.51. The summed E-state index contributed by atoms with van der Waals surface area (Å²) in [6, 6.07) is 3.99. The SMILES string of the molecule is CC(CC(F)(F)F)Nc1cccc(Cl)c1C(N)=S. The van der Waals surface area contributed by atoms with Gasteiger partial charge < -0.3 is 11.1 Å². The van der Waals surface area contributed by atoms with Crippen molar-refractivity contribution in [2.75, 3.05) is 5.32 Å². The van der Waals surface area contributed by atoms with E-state index >= 15 is 0 Å². The third kappa shape index (κ3) is 4.34. The maximum Gasteiger partial charge on any atom is 0.391 e. The van der Waals surface area contributed by atoms with Crippen LogP contribution in [0.5, 0.6) is 0 Å². The average molecular weight is 297 g/mol. The number of benzene rings is 1. The minimum atomic E-state index is -4.23. The highest BCUT2D eigenvalue weighted by Gasteiger charge is 2.30. The van der Waals surface area contributed by atoms with Crippen LogP contribution < -0.4 is 11.1 Å². The Morgan fingerprint density at radius 2 is 2.11 bits per heavy atom. The molecular formula is C11H12ClF3N2S. The van der Waals surface area contributed by atoms with Gasteiger partial charge in [0.25, 0.3) is 0 Å². The van der Waals surface area contributed by atoms with Crippen molar-refractivity contribution in [1.82, 2.24) is 0 Å². The highest BCUT2D eigenvalue weighted by molar-refractivity contribution is 7.80. The van der Waals surface area contributed by atoms with E-state index in [4.69, 9.17) is 29.6 Å². The lowest BCUT2D eigenvalue weighted by molar-refractivity contribution is -0.136. The fraction of sp³-hybridized carbons (Fsp3) is 0.364. The summed E-state index contributed by atoms with van der Waals surface area (Å²) in [5.41, 5.74) is 6.28. The smallest absolute Gasteiger partial charge is 0.389 e. The molecule has 1 aromatic rings. The summed E-state index contributed by atoms with van der Waals surface area (Å²) in [6.07, 6.45) is -5.18. The van der Waals surface area contributed by atoms with Crippen LogP contribution in [0.15, 0.2) is 18.2 Å². The maximum absolute atomic E-state index is 12.2. The molecule has 0 heterocycles. The lowest BCUT2D eigenvalue weighted by atomic mass is 10.1. The first-order chi connectivity index (χ1) is 8.20. The fourth-order valence-electron chi connectivity index (χ4n) is 1.56. The van der Waals surface area contributed by atoms with Gasteiger partial charge in [-0.15, -0.1) is 0 Å². The van der Waals surface area contributed by atoms with Gasteiger partial charge in [0.1, 0.15) is 4.99 Å². The van der Waals surface area contributed by atoms with E-state index in [0.717, 1.165) is 0 Å². The van der Waals surface area contributed by atoms with E-state index in [1.807, 2.05) is 0 Å². The summed E-state index contributed by atoms with van der Waals surface area (Å²) >= 11 is 10.7. The molecule has 18 heavy (non-hydrogen) atoms. The Morgan fingerprint density at radius 1 is 1.50 bits per heavy atom. The van der Waals surface area contributed by atoms with Crippen LogP contribution in [-0.4, -0.2) is 17.2 Å². The van der Waals surface area contributed by atoms with Gasteiger partial charge in [-0.1, -0.05) is 29.9 Å². The zero-order valence-corrected chi connectivity index (χ0v) is 11.1. The number of nitrogens with two attached hydrogens (primary N) is 1. The van der Waals surface area contributed by atoms with Gasteiger partial charge >= 0.3 is 6.18 Å². The lowest BCUT2D eigenvalue weighted by Gasteiger charge is -2.19. The van der Waals surface area contributed by atoms with Gasteiger partial charge in [-0.25, -0.2) is 0 Å². The number of halogens is 4. The van der Waals surface area contributed by atoms with Crippen molar-refractivity contribution in [1.29, 1.82) is 0 Å². The summed E-state index contributed by atoms with van der Waals surface area (Å²) in [7, 11) is 0. The first kappa shape index (κ1) is 15.0. The van der Waals surface area contributed by atoms with Gasteiger partial charge in [0.15, 0.2) is 0 Å². The predicted octanol–water partition coefficient (Wildman–Crippen LogP) is 3.73. The Hall–Kier alpha value is -1.01. The first-order valence-electron chi connectivity index (χ1n) is 5.12. The zero-order chi connectivity index (χ0) is 13.9. The summed E-state index contributed by atoms with van der Waals surface area (Å²) in [4.78, 5) is 0.0438. The van der Waals surface area contributed by atoms with E-state index < -0.39 is 18.6 Å². The number of hydrogen-bond acceptors (Lipinski definition) is 2. The number of anilines is 1. The van der Waals surface area contributed by atoms with Crippen LogP contribution in [0.1, 0.15) is 18.9 Å². The monoisotopic (exact) mass is 296 g/mol. The summed E-state index contributed by atoms with van der Waals surface area (Å²) in [5.74, 6) is 0. The highest BCUT2D eigenvalue weighted by atomic mass is 35.5. The maximum atomic E-state index is 12.2. The van der Waals surface area contributed by atoms with Crippen LogP contribution >= 0.6 is 23.8 Å². The van der Waals surface area contributed by atoms with Crippen molar-refractivity contribution < 1.29 is 13.2 Å². The Kier molecular flexibility index (Phi) is 4.81. The van der Waals surface area contributed by atoms with Crippen LogP contribution in [0.4, 0.5) is 18.9 Å². The molecule has 0 radical (unpaired) electrons. The van der Waals surface area contributed by atoms with Crippen LogP contribution in [-0.2, 0) is 0 Å². The molecule has 2 nitrogen and oxygen atoms in total. The minimum absolute atomic E-state index is 0.0438. The Labute approximate surface area is 113 Å². The molecule has 0 aromatic heterocycles. The van der Waals surface area contributed by atoms with Crippen LogP contribution in [0.2, 0.25) is 5.02 Å². The summed E-state index contributed by atoms with van der Waals surface area (Å²) in [5, 5.41) is 3.03. The van der Waals surface area contributed by atoms with E-state index in [0.29, 0.717) is 16.3 Å². The second-order valence-corrected chi connectivity index (χ2v) is 4.74. The Bertz CT molecular complexity index is 448. The molecule has 0 aliphatic carbocycles. The molecule has 7 heteroatoms.